The minimum atomic E-state index is -3.16. The molecule has 17 rings (SSSR count). The molecule has 11 aliphatic rings. The number of nitrogens with zero attached hydrogens (tertiary/aromatic N) is 3. The number of nitrogens with two attached hydrogens (primary N) is 1. The Kier molecular flexibility index (Phi) is 27.1. The van der Waals surface area contributed by atoms with Crippen molar-refractivity contribution in [1.82, 2.24) is 15.0 Å². The Morgan fingerprint density at radius 1 is 0.514 bits per heavy atom. The van der Waals surface area contributed by atoms with Gasteiger partial charge in [0.05, 0.1) is 86.0 Å². The van der Waals surface area contributed by atoms with Crippen LogP contribution in [0.25, 0.3) is 45.5 Å². The molecule has 11 fully saturated rings. The van der Waals surface area contributed by atoms with Gasteiger partial charge in [-0.25, -0.2) is 13.2 Å². The van der Waals surface area contributed by atoms with Crippen LogP contribution in [0, 0.1) is 106 Å². The standard InChI is InChI=1S/C28H30FNO4.C26H29FN2O2.C16H19FNO3P.C16H22O5.CH2Cl2/c1-17-26-24(8-7-22-6-5-19(16-30-22)18-3-2-4-21(29)13-18)23-9-10-28(32-11-12-33-28)15-20(23)14-25(26)27(31)34-17;1-15-25-23(22-9-6-20(28)12-18(22)13-24(25)26(30)31-15)10-8-21-7-5-17(14-29-21)16-3-2-4-19(27)11-16;1-3-20-22(19,21-4-2)12-16-9-8-14(11-18-16)13-6-5-7-15(17)10-13;1-9-14-12(15(18)21-9)6-10-7-16(19-4-5-20-16)3-2-11(10)13(14)8-17;2-1-3/h2-8,13,16-17,20,23-26H,9-12,14-15H2,1H3;2-5,7-8,10-11,14-15,18,20,22-25H,6,9,12-13,28H2,1H3;5-11H,3-4,12H2,1-2H3;8-14H,2-7H2,1H3;1H2/t17-,20-,23?,24?,25?,26+;15-,18+,20?,22?,23?,24?,25+;;9-,10-,11?,12?,13?,14-;/m11.1./s1. The lowest BCUT2D eigenvalue weighted by atomic mass is 9.56. The third-order valence-corrected chi connectivity index (χ3v) is 27.1. The lowest BCUT2D eigenvalue weighted by Crippen LogP contribution is -2.49. The van der Waals surface area contributed by atoms with Crippen LogP contribution in [-0.2, 0) is 72.1 Å². The predicted octanol–water partition coefficient (Wildman–Crippen LogP) is 17.7. The van der Waals surface area contributed by atoms with E-state index in [1.54, 1.807) is 56.7 Å². The summed E-state index contributed by atoms with van der Waals surface area (Å²) in [5.41, 5.74) is 13.5. The molecule has 5 saturated heterocycles. The Balaban J connectivity index is 0.000000131. The topological polar surface area (TPSA) is 233 Å². The van der Waals surface area contributed by atoms with Gasteiger partial charge in [-0.3, -0.25) is 33.9 Å². The van der Waals surface area contributed by atoms with Crippen molar-refractivity contribution in [3.05, 3.63) is 174 Å². The first-order valence-corrected chi connectivity index (χ1v) is 42.3. The number of pyridine rings is 3. The van der Waals surface area contributed by atoms with E-state index in [9.17, 15) is 36.9 Å². The molecule has 18 nitrogen and oxygen atoms in total. The summed E-state index contributed by atoms with van der Waals surface area (Å²) in [6.07, 6.45) is 25.9. The van der Waals surface area contributed by atoms with Crippen LogP contribution >= 0.6 is 30.8 Å². The van der Waals surface area contributed by atoms with E-state index < -0.39 is 19.2 Å². The van der Waals surface area contributed by atoms with Crippen LogP contribution in [0.3, 0.4) is 0 Å². The van der Waals surface area contributed by atoms with Crippen LogP contribution in [-0.4, -0.2) is 120 Å². The summed E-state index contributed by atoms with van der Waals surface area (Å²) in [5.74, 6) is 1.40. The number of alkyl halides is 2. The number of hydrogen-bond acceptors (Lipinski definition) is 18. The minimum Gasteiger partial charge on any atom is -0.462 e. The lowest BCUT2D eigenvalue weighted by Gasteiger charge is -2.49. The maximum absolute atomic E-state index is 13.6. The Labute approximate surface area is 658 Å². The molecule has 3 aromatic carbocycles. The molecule has 6 saturated carbocycles. The first-order valence-electron chi connectivity index (χ1n) is 39.5. The summed E-state index contributed by atoms with van der Waals surface area (Å²) in [6.45, 7) is 12.8. The first-order chi connectivity index (χ1) is 53.6. The number of allylic oxidation sites excluding steroid dienone is 2. The molecule has 5 aliphatic heterocycles. The van der Waals surface area contributed by atoms with E-state index in [-0.39, 0.29) is 119 Å². The second-order valence-electron chi connectivity index (χ2n) is 31.5. The zero-order valence-electron chi connectivity index (χ0n) is 63.6. The maximum Gasteiger partial charge on any atom is 0.336 e. The van der Waals surface area contributed by atoms with Crippen LogP contribution in [0.2, 0.25) is 0 Å². The first kappa shape index (κ1) is 82.0. The number of carbonyl (C=O) groups is 4. The maximum atomic E-state index is 13.6. The van der Waals surface area contributed by atoms with Crippen molar-refractivity contribution >= 4 is 67.1 Å². The fraction of sp³-hybridized carbons (Fsp3) is 0.529. The SMILES string of the molecule is CCOP(=O)(Cc1ccc(-c2cccc(F)c2)cn1)OCC.C[C@H]1OC(=O)C2C[C@@H]3CC(N)CCC3C(C=Cc3ccc(-c4cccc(F)c4)cn3)[C@@H]21.C[C@H]1OC(=O)C2C[C@@H]3CC4(CCC3C(C=Cc3ccc(-c5cccc(F)c5)cn3)[C@@H]21)OCCO4.C[C@H]1OC(=O)C2C[C@@H]3CC4(CCC3C(C=O)[C@@H]21)OCCO4.ClCCl. The number of cyclic esters (lactones) is 3. The summed E-state index contributed by atoms with van der Waals surface area (Å²) in [5, 5.41) is 0.194. The van der Waals surface area contributed by atoms with E-state index in [0.29, 0.717) is 86.8 Å². The molecule has 0 bridgehead atoms. The quantitative estimate of drug-likeness (QED) is 0.0351. The van der Waals surface area contributed by atoms with Gasteiger partial charge in [-0.15, -0.1) is 23.2 Å². The van der Waals surface area contributed by atoms with E-state index >= 15 is 0 Å². The Hall–Kier alpha value is -7.01. The summed E-state index contributed by atoms with van der Waals surface area (Å²) < 4.78 is 104. The molecular weight excluding hydrogens is 1480 g/mol. The van der Waals surface area contributed by atoms with E-state index in [1.807, 2.05) is 69.3 Å². The van der Waals surface area contributed by atoms with Gasteiger partial charge in [0.15, 0.2) is 11.6 Å². The average Bonchev–Trinajstić information content (AvgIpc) is 1.43. The number of hydrogen-bond donors (Lipinski definition) is 1. The molecule has 594 valence electrons. The van der Waals surface area contributed by atoms with Gasteiger partial charge in [0.1, 0.15) is 42.0 Å². The normalized spacial score (nSPS) is 31.7. The Morgan fingerprint density at radius 2 is 0.901 bits per heavy atom. The molecule has 2 N–H and O–H groups in total. The van der Waals surface area contributed by atoms with Gasteiger partial charge in [-0.1, -0.05) is 66.7 Å². The van der Waals surface area contributed by atoms with Gasteiger partial charge in [-0.2, -0.15) is 0 Å². The highest BCUT2D eigenvalue weighted by molar-refractivity contribution is 7.53. The molecule has 0 radical (unpaired) electrons. The number of esters is 3. The van der Waals surface area contributed by atoms with E-state index in [1.165, 1.54) is 36.4 Å². The molecule has 3 aromatic heterocycles. The summed E-state index contributed by atoms with van der Waals surface area (Å²) in [7, 11) is -3.16. The fourth-order valence-electron chi connectivity index (χ4n) is 20.5. The van der Waals surface area contributed by atoms with Gasteiger partial charge in [0, 0.05) is 90.7 Å². The number of benzene rings is 3. The van der Waals surface area contributed by atoms with E-state index in [4.69, 9.17) is 71.1 Å². The molecule has 111 heavy (non-hydrogen) atoms. The Morgan fingerprint density at radius 3 is 1.28 bits per heavy atom. The third kappa shape index (κ3) is 19.0. The van der Waals surface area contributed by atoms with Gasteiger partial charge in [0.2, 0.25) is 0 Å². The highest BCUT2D eigenvalue weighted by Gasteiger charge is 2.60. The smallest absolute Gasteiger partial charge is 0.336 e. The van der Waals surface area contributed by atoms with Crippen LogP contribution in [0.5, 0.6) is 0 Å². The van der Waals surface area contributed by atoms with Crippen molar-refractivity contribution in [2.75, 3.05) is 45.0 Å². The zero-order valence-corrected chi connectivity index (χ0v) is 66.0. The summed E-state index contributed by atoms with van der Waals surface area (Å²) in [4.78, 5) is 62.4. The second-order valence-corrected chi connectivity index (χ2v) is 34.4. The number of carbonyl (C=O) groups excluding carboxylic acids is 4. The fourth-order valence-corrected chi connectivity index (χ4v) is 22.1. The number of aldehydes is 1. The highest BCUT2D eigenvalue weighted by Crippen LogP contribution is 2.59. The van der Waals surface area contributed by atoms with Crippen LogP contribution < -0.4 is 5.73 Å². The lowest BCUT2D eigenvalue weighted by molar-refractivity contribution is -0.206. The number of rotatable bonds is 14. The number of aromatic nitrogens is 3. The molecule has 19 atom stereocenters. The largest absolute Gasteiger partial charge is 0.462 e. The number of halogens is 5. The van der Waals surface area contributed by atoms with Crippen molar-refractivity contribution < 1.29 is 79.1 Å². The highest BCUT2D eigenvalue weighted by atomic mass is 35.5. The molecule has 2 spiro atoms. The summed E-state index contributed by atoms with van der Waals surface area (Å²) >= 11 is 9.53. The monoisotopic (exact) mass is 1580 g/mol. The molecule has 10 unspecified atom stereocenters. The Bertz CT molecular complexity index is 4280. The number of fused-ring (bicyclic) bond motifs is 6. The van der Waals surface area contributed by atoms with Crippen molar-refractivity contribution in [1.29, 1.82) is 0 Å². The van der Waals surface area contributed by atoms with Crippen molar-refractivity contribution in [2.45, 2.75) is 154 Å². The molecule has 8 heterocycles. The zero-order chi connectivity index (χ0) is 78.1. The van der Waals surface area contributed by atoms with Crippen LogP contribution in [0.4, 0.5) is 13.2 Å². The third-order valence-electron chi connectivity index (χ3n) is 25.1. The van der Waals surface area contributed by atoms with Crippen LogP contribution in [0.15, 0.2) is 140 Å². The minimum absolute atomic E-state index is 0.0143. The predicted molar refractivity (Wildman–Crippen MR) is 416 cm³/mol. The van der Waals surface area contributed by atoms with Gasteiger partial charge >= 0.3 is 25.5 Å². The number of ether oxygens (including phenoxy) is 7. The van der Waals surface area contributed by atoms with Crippen molar-refractivity contribution in [3.63, 3.8) is 0 Å². The van der Waals surface area contributed by atoms with Crippen LogP contribution in [0.1, 0.15) is 129 Å². The van der Waals surface area contributed by atoms with Crippen molar-refractivity contribution in [3.8, 4) is 33.4 Å². The van der Waals surface area contributed by atoms with E-state index in [2.05, 4.69) is 39.3 Å². The summed E-state index contributed by atoms with van der Waals surface area (Å²) in [6, 6.07) is 31.1. The van der Waals surface area contributed by atoms with Gasteiger partial charge < -0.3 is 52.7 Å². The average molecular weight is 1590 g/mol. The molecule has 6 aliphatic carbocycles. The second kappa shape index (κ2) is 36.6. The van der Waals surface area contributed by atoms with Gasteiger partial charge in [0.25, 0.3) is 0 Å². The molecular formula is C87H102Cl2F3N4O14P. The van der Waals surface area contributed by atoms with Crippen molar-refractivity contribution in [2.24, 2.45) is 94.5 Å². The molecule has 0 amide bonds. The molecule has 6 aromatic rings. The molecule has 24 heteroatoms. The van der Waals surface area contributed by atoms with Gasteiger partial charge in [-0.05, 0) is 217 Å². The van der Waals surface area contributed by atoms with E-state index in [0.717, 1.165) is 128 Å².